The zero-order valence-electron chi connectivity index (χ0n) is 10.1. The fraction of sp³-hybridized carbons (Fsp3) is 1.00. The Morgan fingerprint density at radius 3 is 2.86 bits per heavy atom. The Bertz CT molecular complexity index is 147. The molecule has 2 atom stereocenters. The van der Waals surface area contributed by atoms with E-state index >= 15 is 0 Å². The number of hydrogen-bond donors (Lipinski definition) is 1. The van der Waals surface area contributed by atoms with Gasteiger partial charge in [0, 0.05) is 6.54 Å². The summed E-state index contributed by atoms with van der Waals surface area (Å²) in [7, 11) is 2.22. The second-order valence-corrected chi connectivity index (χ2v) is 4.97. The lowest BCUT2D eigenvalue weighted by Crippen LogP contribution is -2.28. The van der Waals surface area contributed by atoms with Crippen LogP contribution in [0.25, 0.3) is 0 Å². The molecule has 0 aromatic heterocycles. The molecule has 2 nitrogen and oxygen atoms in total. The zero-order valence-corrected chi connectivity index (χ0v) is 10.1. The number of nitrogens with zero attached hydrogens (tertiary/aromatic N) is 1. The van der Waals surface area contributed by atoms with Crippen LogP contribution in [0.4, 0.5) is 0 Å². The molecule has 14 heavy (non-hydrogen) atoms. The zero-order chi connectivity index (χ0) is 10.4. The normalized spacial score (nSPS) is 25.5. The van der Waals surface area contributed by atoms with E-state index in [2.05, 4.69) is 31.1 Å². The first kappa shape index (κ1) is 12.0. The monoisotopic (exact) mass is 198 g/mol. The number of rotatable bonds is 6. The van der Waals surface area contributed by atoms with Gasteiger partial charge in [-0.3, -0.25) is 0 Å². The lowest BCUT2D eigenvalue weighted by Gasteiger charge is -2.14. The minimum absolute atomic E-state index is 0.846. The third kappa shape index (κ3) is 4.43. The van der Waals surface area contributed by atoms with Crippen LogP contribution in [0.1, 0.15) is 33.1 Å². The van der Waals surface area contributed by atoms with Gasteiger partial charge in [0.2, 0.25) is 0 Å². The average molecular weight is 198 g/mol. The van der Waals surface area contributed by atoms with E-state index in [-0.39, 0.29) is 0 Å². The van der Waals surface area contributed by atoms with Gasteiger partial charge >= 0.3 is 0 Å². The maximum absolute atomic E-state index is 3.61. The SMILES string of the molecule is CCCC(C)CNCC1CCN(C)C1. The summed E-state index contributed by atoms with van der Waals surface area (Å²) in [6, 6.07) is 0. The smallest absolute Gasteiger partial charge is 0.00192 e. The summed E-state index contributed by atoms with van der Waals surface area (Å²) in [6.07, 6.45) is 4.05. The van der Waals surface area contributed by atoms with Crippen molar-refractivity contribution < 1.29 is 0 Å². The molecule has 2 unspecified atom stereocenters. The fourth-order valence-corrected chi connectivity index (χ4v) is 2.32. The lowest BCUT2D eigenvalue weighted by molar-refractivity contribution is 0.380. The van der Waals surface area contributed by atoms with E-state index in [1.807, 2.05) is 0 Å². The highest BCUT2D eigenvalue weighted by Gasteiger charge is 2.18. The molecule has 0 amide bonds. The number of nitrogens with one attached hydrogen (secondary N) is 1. The van der Waals surface area contributed by atoms with Gasteiger partial charge in [-0.25, -0.2) is 0 Å². The molecular formula is C12H26N2. The first-order valence-corrected chi connectivity index (χ1v) is 6.11. The molecule has 1 aliphatic rings. The van der Waals surface area contributed by atoms with Crippen LogP contribution in [-0.4, -0.2) is 38.1 Å². The van der Waals surface area contributed by atoms with E-state index < -0.39 is 0 Å². The van der Waals surface area contributed by atoms with Crippen molar-refractivity contribution in [3.63, 3.8) is 0 Å². The van der Waals surface area contributed by atoms with E-state index in [1.165, 1.54) is 45.4 Å². The van der Waals surface area contributed by atoms with Crippen molar-refractivity contribution in [2.24, 2.45) is 11.8 Å². The first-order chi connectivity index (χ1) is 6.72. The van der Waals surface area contributed by atoms with Crippen LogP contribution in [0.2, 0.25) is 0 Å². The maximum atomic E-state index is 3.61. The molecule has 1 heterocycles. The molecule has 0 aliphatic carbocycles. The van der Waals surface area contributed by atoms with E-state index in [4.69, 9.17) is 0 Å². The first-order valence-electron chi connectivity index (χ1n) is 6.11. The topological polar surface area (TPSA) is 15.3 Å². The molecule has 2 heteroatoms. The molecule has 1 saturated heterocycles. The van der Waals surface area contributed by atoms with Crippen molar-refractivity contribution in [1.82, 2.24) is 10.2 Å². The molecule has 0 aromatic carbocycles. The highest BCUT2D eigenvalue weighted by molar-refractivity contribution is 4.74. The summed E-state index contributed by atoms with van der Waals surface area (Å²) in [6.45, 7) is 9.61. The summed E-state index contributed by atoms with van der Waals surface area (Å²) in [5, 5.41) is 3.61. The van der Waals surface area contributed by atoms with Crippen molar-refractivity contribution in [3.8, 4) is 0 Å². The minimum Gasteiger partial charge on any atom is -0.316 e. The number of hydrogen-bond acceptors (Lipinski definition) is 2. The van der Waals surface area contributed by atoms with Crippen LogP contribution in [-0.2, 0) is 0 Å². The Labute approximate surface area is 89.1 Å². The molecule has 0 saturated carbocycles. The molecule has 84 valence electrons. The van der Waals surface area contributed by atoms with Gasteiger partial charge < -0.3 is 10.2 Å². The summed E-state index contributed by atoms with van der Waals surface area (Å²) >= 11 is 0. The summed E-state index contributed by atoms with van der Waals surface area (Å²) < 4.78 is 0. The fourth-order valence-electron chi connectivity index (χ4n) is 2.32. The van der Waals surface area contributed by atoms with E-state index in [0.717, 1.165) is 11.8 Å². The highest BCUT2D eigenvalue weighted by atomic mass is 15.1. The molecular weight excluding hydrogens is 172 g/mol. The van der Waals surface area contributed by atoms with E-state index in [9.17, 15) is 0 Å². The van der Waals surface area contributed by atoms with Gasteiger partial charge in [0.1, 0.15) is 0 Å². The molecule has 1 aliphatic heterocycles. The Balaban J connectivity index is 1.98. The second kappa shape index (κ2) is 6.41. The van der Waals surface area contributed by atoms with Gasteiger partial charge in [0.25, 0.3) is 0 Å². The molecule has 1 N–H and O–H groups in total. The van der Waals surface area contributed by atoms with E-state index in [0.29, 0.717) is 0 Å². The van der Waals surface area contributed by atoms with Crippen molar-refractivity contribution in [1.29, 1.82) is 0 Å². The van der Waals surface area contributed by atoms with Crippen molar-refractivity contribution >= 4 is 0 Å². The highest BCUT2D eigenvalue weighted by Crippen LogP contribution is 2.13. The predicted octanol–water partition coefficient (Wildman–Crippen LogP) is 1.96. The lowest BCUT2D eigenvalue weighted by atomic mass is 10.1. The predicted molar refractivity (Wildman–Crippen MR) is 62.5 cm³/mol. The van der Waals surface area contributed by atoms with Crippen molar-refractivity contribution in [2.45, 2.75) is 33.1 Å². The molecule has 0 aromatic rings. The van der Waals surface area contributed by atoms with Crippen LogP contribution in [0.5, 0.6) is 0 Å². The van der Waals surface area contributed by atoms with Crippen molar-refractivity contribution in [2.75, 3.05) is 33.2 Å². The van der Waals surface area contributed by atoms with E-state index in [1.54, 1.807) is 0 Å². The van der Waals surface area contributed by atoms with Gasteiger partial charge in [0.15, 0.2) is 0 Å². The van der Waals surface area contributed by atoms with Gasteiger partial charge in [-0.05, 0) is 51.4 Å². The summed E-state index contributed by atoms with van der Waals surface area (Å²) in [5.41, 5.74) is 0. The Morgan fingerprint density at radius 1 is 1.50 bits per heavy atom. The Kier molecular flexibility index (Phi) is 5.49. The molecule has 1 fully saturated rings. The van der Waals surface area contributed by atoms with Gasteiger partial charge in [-0.2, -0.15) is 0 Å². The second-order valence-electron chi connectivity index (χ2n) is 4.97. The third-order valence-corrected chi connectivity index (χ3v) is 3.20. The third-order valence-electron chi connectivity index (χ3n) is 3.20. The maximum Gasteiger partial charge on any atom is 0.00192 e. The van der Waals surface area contributed by atoms with Gasteiger partial charge in [-0.15, -0.1) is 0 Å². The van der Waals surface area contributed by atoms with Crippen LogP contribution in [0.3, 0.4) is 0 Å². The quantitative estimate of drug-likeness (QED) is 0.702. The summed E-state index contributed by atoms with van der Waals surface area (Å²) in [4.78, 5) is 2.43. The standard InChI is InChI=1S/C12H26N2/c1-4-5-11(2)8-13-9-12-6-7-14(3)10-12/h11-13H,4-10H2,1-3H3. The number of likely N-dealkylation sites (tertiary alicyclic amines) is 1. The minimum atomic E-state index is 0.846. The summed E-state index contributed by atoms with van der Waals surface area (Å²) in [5.74, 6) is 1.74. The molecule has 0 spiro atoms. The van der Waals surface area contributed by atoms with Crippen LogP contribution in [0.15, 0.2) is 0 Å². The molecule has 0 radical (unpaired) electrons. The van der Waals surface area contributed by atoms with Crippen LogP contribution < -0.4 is 5.32 Å². The Morgan fingerprint density at radius 2 is 2.29 bits per heavy atom. The molecule has 0 bridgehead atoms. The van der Waals surface area contributed by atoms with Gasteiger partial charge in [-0.1, -0.05) is 20.3 Å². The largest absolute Gasteiger partial charge is 0.316 e. The average Bonchev–Trinajstić information content (AvgIpc) is 2.52. The van der Waals surface area contributed by atoms with Crippen LogP contribution >= 0.6 is 0 Å². The van der Waals surface area contributed by atoms with Gasteiger partial charge in [0.05, 0.1) is 0 Å². The molecule has 1 rings (SSSR count). The van der Waals surface area contributed by atoms with Crippen molar-refractivity contribution in [3.05, 3.63) is 0 Å². The van der Waals surface area contributed by atoms with Crippen LogP contribution in [0, 0.1) is 11.8 Å². The Hall–Kier alpha value is -0.0800.